The summed E-state index contributed by atoms with van der Waals surface area (Å²) in [4.78, 5) is 12.8. The Morgan fingerprint density at radius 3 is 2.18 bits per heavy atom. The summed E-state index contributed by atoms with van der Waals surface area (Å²) in [5.74, 6) is 0. The van der Waals surface area contributed by atoms with E-state index in [2.05, 4.69) is 29.2 Å². The van der Waals surface area contributed by atoms with Gasteiger partial charge in [-0.1, -0.05) is 60.7 Å². The maximum atomic E-state index is 10.8. The molecule has 0 aliphatic rings. The van der Waals surface area contributed by atoms with Gasteiger partial charge in [0.2, 0.25) is 0 Å². The van der Waals surface area contributed by atoms with Gasteiger partial charge in [0.05, 0.1) is 4.92 Å². The van der Waals surface area contributed by atoms with E-state index in [0.29, 0.717) is 6.42 Å². The van der Waals surface area contributed by atoms with E-state index in [-0.39, 0.29) is 17.2 Å². The first-order valence-electron chi connectivity index (χ1n) is 9.38. The standard InChI is InChI=1S/C23H24N2O3/c26-17-15-21-8-4-5-9-23(21)24(18-20-6-2-1-3-7-20)16-14-19-10-12-22(13-11-19)25(27)28/h1-13,26H,14-18H2. The summed E-state index contributed by atoms with van der Waals surface area (Å²) in [6.45, 7) is 1.64. The molecular weight excluding hydrogens is 352 g/mol. The van der Waals surface area contributed by atoms with Crippen molar-refractivity contribution in [1.29, 1.82) is 0 Å². The Morgan fingerprint density at radius 2 is 1.50 bits per heavy atom. The van der Waals surface area contributed by atoms with Crippen molar-refractivity contribution in [2.24, 2.45) is 0 Å². The Kier molecular flexibility index (Phi) is 6.76. The highest BCUT2D eigenvalue weighted by Gasteiger charge is 2.12. The van der Waals surface area contributed by atoms with Crippen molar-refractivity contribution in [3.8, 4) is 0 Å². The van der Waals surface area contributed by atoms with Gasteiger partial charge >= 0.3 is 0 Å². The molecule has 0 atom stereocenters. The molecular formula is C23H24N2O3. The molecule has 0 aliphatic carbocycles. The van der Waals surface area contributed by atoms with Crippen LogP contribution in [0, 0.1) is 10.1 Å². The number of para-hydroxylation sites is 1. The second-order valence-corrected chi connectivity index (χ2v) is 6.68. The van der Waals surface area contributed by atoms with Crippen molar-refractivity contribution in [2.75, 3.05) is 18.1 Å². The molecule has 0 heterocycles. The van der Waals surface area contributed by atoms with Gasteiger partial charge in [-0.05, 0) is 35.6 Å². The molecule has 0 spiro atoms. The van der Waals surface area contributed by atoms with Crippen LogP contribution in [0.3, 0.4) is 0 Å². The molecule has 28 heavy (non-hydrogen) atoms. The summed E-state index contributed by atoms with van der Waals surface area (Å²) in [5.41, 5.74) is 4.61. The number of anilines is 1. The fourth-order valence-electron chi connectivity index (χ4n) is 3.29. The van der Waals surface area contributed by atoms with E-state index in [1.165, 1.54) is 5.56 Å². The Morgan fingerprint density at radius 1 is 0.821 bits per heavy atom. The van der Waals surface area contributed by atoms with E-state index in [4.69, 9.17) is 0 Å². The van der Waals surface area contributed by atoms with Crippen LogP contribution < -0.4 is 4.90 Å². The van der Waals surface area contributed by atoms with Crippen molar-refractivity contribution in [1.82, 2.24) is 0 Å². The monoisotopic (exact) mass is 376 g/mol. The lowest BCUT2D eigenvalue weighted by Gasteiger charge is -2.27. The maximum absolute atomic E-state index is 10.8. The van der Waals surface area contributed by atoms with Gasteiger partial charge in [0, 0.05) is 37.5 Å². The summed E-state index contributed by atoms with van der Waals surface area (Å²) < 4.78 is 0. The average Bonchev–Trinajstić information content (AvgIpc) is 2.73. The van der Waals surface area contributed by atoms with Crippen LogP contribution in [-0.2, 0) is 19.4 Å². The Hall–Kier alpha value is -3.18. The number of nitrogens with zero attached hydrogens (tertiary/aromatic N) is 2. The number of rotatable bonds is 9. The summed E-state index contributed by atoms with van der Waals surface area (Å²) in [6.07, 6.45) is 1.39. The quantitative estimate of drug-likeness (QED) is 0.445. The fourth-order valence-corrected chi connectivity index (χ4v) is 3.29. The first-order valence-corrected chi connectivity index (χ1v) is 9.38. The lowest BCUT2D eigenvalue weighted by molar-refractivity contribution is -0.384. The molecule has 0 aromatic heterocycles. The van der Waals surface area contributed by atoms with Gasteiger partial charge in [0.15, 0.2) is 0 Å². The first kappa shape index (κ1) is 19.6. The highest BCUT2D eigenvalue weighted by Crippen LogP contribution is 2.24. The predicted octanol–water partition coefficient (Wildman–Crippen LogP) is 4.38. The number of aliphatic hydroxyl groups is 1. The predicted molar refractivity (Wildman–Crippen MR) is 112 cm³/mol. The zero-order valence-electron chi connectivity index (χ0n) is 15.7. The summed E-state index contributed by atoms with van der Waals surface area (Å²) in [5, 5.41) is 20.3. The summed E-state index contributed by atoms with van der Waals surface area (Å²) in [6, 6.07) is 25.2. The number of nitro groups is 1. The minimum atomic E-state index is -0.378. The largest absolute Gasteiger partial charge is 0.396 e. The van der Waals surface area contributed by atoms with Crippen molar-refractivity contribution in [3.63, 3.8) is 0 Å². The molecule has 3 aromatic rings. The SMILES string of the molecule is O=[N+]([O-])c1ccc(CCN(Cc2ccccc2)c2ccccc2CCO)cc1. The number of non-ortho nitro benzene ring substituents is 1. The summed E-state index contributed by atoms with van der Waals surface area (Å²) in [7, 11) is 0. The van der Waals surface area contributed by atoms with Crippen LogP contribution in [0.15, 0.2) is 78.9 Å². The highest BCUT2D eigenvalue weighted by atomic mass is 16.6. The number of hydrogen-bond acceptors (Lipinski definition) is 4. The second-order valence-electron chi connectivity index (χ2n) is 6.68. The van der Waals surface area contributed by atoms with E-state index >= 15 is 0 Å². The Balaban J connectivity index is 1.81. The minimum absolute atomic E-state index is 0.109. The molecule has 1 N–H and O–H groups in total. The zero-order chi connectivity index (χ0) is 19.8. The van der Waals surface area contributed by atoms with Gasteiger partial charge in [-0.2, -0.15) is 0 Å². The molecule has 0 radical (unpaired) electrons. The lowest BCUT2D eigenvalue weighted by Crippen LogP contribution is -2.26. The number of nitro benzene ring substituents is 1. The molecule has 5 nitrogen and oxygen atoms in total. The van der Waals surface area contributed by atoms with Crippen LogP contribution in [0.5, 0.6) is 0 Å². The van der Waals surface area contributed by atoms with Gasteiger partial charge in [0.25, 0.3) is 5.69 Å². The molecule has 0 fully saturated rings. The average molecular weight is 376 g/mol. The molecule has 0 unspecified atom stereocenters. The molecule has 3 aromatic carbocycles. The van der Waals surface area contributed by atoms with Gasteiger partial charge in [0.1, 0.15) is 0 Å². The second kappa shape index (κ2) is 9.67. The number of benzene rings is 3. The third kappa shape index (κ3) is 5.18. The van der Waals surface area contributed by atoms with E-state index in [9.17, 15) is 15.2 Å². The van der Waals surface area contributed by atoms with Crippen molar-refractivity contribution < 1.29 is 10.0 Å². The van der Waals surface area contributed by atoms with Crippen LogP contribution in [-0.4, -0.2) is 23.2 Å². The number of hydrogen-bond donors (Lipinski definition) is 1. The van der Waals surface area contributed by atoms with Crippen molar-refractivity contribution in [3.05, 3.63) is 106 Å². The van der Waals surface area contributed by atoms with E-state index < -0.39 is 0 Å². The topological polar surface area (TPSA) is 66.6 Å². The van der Waals surface area contributed by atoms with Crippen molar-refractivity contribution in [2.45, 2.75) is 19.4 Å². The van der Waals surface area contributed by atoms with Crippen LogP contribution in [0.4, 0.5) is 11.4 Å². The van der Waals surface area contributed by atoms with Crippen LogP contribution in [0.1, 0.15) is 16.7 Å². The fraction of sp³-hybridized carbons (Fsp3) is 0.217. The molecule has 0 aliphatic heterocycles. The minimum Gasteiger partial charge on any atom is -0.396 e. The molecule has 0 amide bonds. The number of aliphatic hydroxyl groups excluding tert-OH is 1. The maximum Gasteiger partial charge on any atom is 0.269 e. The molecule has 144 valence electrons. The molecule has 3 rings (SSSR count). The molecule has 0 bridgehead atoms. The first-order chi connectivity index (χ1) is 13.7. The van der Waals surface area contributed by atoms with E-state index in [0.717, 1.165) is 36.3 Å². The van der Waals surface area contributed by atoms with Crippen LogP contribution >= 0.6 is 0 Å². The van der Waals surface area contributed by atoms with Gasteiger partial charge in [-0.15, -0.1) is 0 Å². The van der Waals surface area contributed by atoms with Crippen molar-refractivity contribution >= 4 is 11.4 Å². The smallest absolute Gasteiger partial charge is 0.269 e. The third-order valence-electron chi connectivity index (χ3n) is 4.75. The van der Waals surface area contributed by atoms with E-state index in [1.54, 1.807) is 12.1 Å². The highest BCUT2D eigenvalue weighted by molar-refractivity contribution is 5.54. The Labute approximate surface area is 165 Å². The van der Waals surface area contributed by atoms with E-state index in [1.807, 2.05) is 42.5 Å². The zero-order valence-corrected chi connectivity index (χ0v) is 15.7. The Bertz CT molecular complexity index is 895. The molecule has 0 saturated heterocycles. The van der Waals surface area contributed by atoms with Gasteiger partial charge in [-0.25, -0.2) is 0 Å². The summed E-state index contributed by atoms with van der Waals surface area (Å²) >= 11 is 0. The molecule has 0 saturated carbocycles. The van der Waals surface area contributed by atoms with Gasteiger partial charge < -0.3 is 10.0 Å². The van der Waals surface area contributed by atoms with Crippen LogP contribution in [0.2, 0.25) is 0 Å². The lowest BCUT2D eigenvalue weighted by atomic mass is 10.1. The normalized spacial score (nSPS) is 10.6. The molecule has 5 heteroatoms. The van der Waals surface area contributed by atoms with Gasteiger partial charge in [-0.3, -0.25) is 10.1 Å². The third-order valence-corrected chi connectivity index (χ3v) is 4.75. The van der Waals surface area contributed by atoms with Crippen LogP contribution in [0.25, 0.3) is 0 Å².